The highest BCUT2D eigenvalue weighted by molar-refractivity contribution is 5.90. The SMILES string of the molecule is C[C@@]12C=C[C@H]3O[C@@H]4CC(=O)CC[C@]4(C(=O)O1)[C@]32O. The first-order valence-corrected chi connectivity index (χ1v) is 6.26. The number of Topliss-reactive ketones (excluding diaryl/α,β-unsaturated/α-hetero) is 1. The van der Waals surface area contributed by atoms with Crippen LogP contribution in [0.15, 0.2) is 12.2 Å². The summed E-state index contributed by atoms with van der Waals surface area (Å²) < 4.78 is 11.2. The lowest BCUT2D eigenvalue weighted by molar-refractivity contribution is -0.159. The van der Waals surface area contributed by atoms with Crippen molar-refractivity contribution in [2.75, 3.05) is 0 Å². The predicted molar refractivity (Wildman–Crippen MR) is 58.5 cm³/mol. The van der Waals surface area contributed by atoms with E-state index in [0.717, 1.165) is 0 Å². The highest BCUT2D eigenvalue weighted by atomic mass is 16.6. The Kier molecular flexibility index (Phi) is 1.60. The van der Waals surface area contributed by atoms with E-state index in [1.165, 1.54) is 0 Å². The molecule has 5 heteroatoms. The number of ether oxygens (including phenoxy) is 2. The molecule has 0 radical (unpaired) electrons. The maximum atomic E-state index is 12.3. The minimum absolute atomic E-state index is 0.0829. The molecule has 5 atom stereocenters. The average molecular weight is 250 g/mol. The number of rotatable bonds is 0. The quantitative estimate of drug-likeness (QED) is 0.488. The molecule has 18 heavy (non-hydrogen) atoms. The first-order chi connectivity index (χ1) is 8.44. The van der Waals surface area contributed by atoms with Crippen LogP contribution in [0.3, 0.4) is 0 Å². The number of aliphatic hydroxyl groups is 1. The summed E-state index contributed by atoms with van der Waals surface area (Å²) in [6.45, 7) is 1.71. The van der Waals surface area contributed by atoms with Crippen LogP contribution in [-0.2, 0) is 19.1 Å². The third-order valence-electron chi connectivity index (χ3n) is 5.18. The largest absolute Gasteiger partial charge is 0.451 e. The van der Waals surface area contributed by atoms with Crippen LogP contribution in [-0.4, -0.2) is 40.3 Å². The predicted octanol–water partition coefficient (Wildman–Crippen LogP) is 0.110. The Balaban J connectivity index is 1.94. The van der Waals surface area contributed by atoms with E-state index in [0.29, 0.717) is 12.8 Å². The third-order valence-corrected chi connectivity index (χ3v) is 5.18. The van der Waals surface area contributed by atoms with Gasteiger partial charge in [0.1, 0.15) is 17.3 Å². The Hall–Kier alpha value is -1.20. The zero-order valence-electron chi connectivity index (χ0n) is 10.0. The molecule has 2 heterocycles. The summed E-state index contributed by atoms with van der Waals surface area (Å²) in [7, 11) is 0. The number of ketones is 1. The molecule has 2 aliphatic carbocycles. The zero-order valence-corrected chi connectivity index (χ0v) is 10.0. The molecule has 0 bridgehead atoms. The van der Waals surface area contributed by atoms with Gasteiger partial charge in [0.2, 0.25) is 0 Å². The number of carbonyl (C=O) groups excluding carboxylic acids is 2. The fourth-order valence-corrected chi connectivity index (χ4v) is 4.20. The second-order valence-electron chi connectivity index (χ2n) is 5.88. The average Bonchev–Trinajstić information content (AvgIpc) is 2.77. The third kappa shape index (κ3) is 0.788. The van der Waals surface area contributed by atoms with Gasteiger partial charge in [-0.2, -0.15) is 0 Å². The fraction of sp³-hybridized carbons (Fsp3) is 0.692. The number of hydrogen-bond acceptors (Lipinski definition) is 5. The molecule has 0 aromatic rings. The van der Waals surface area contributed by atoms with Gasteiger partial charge in [0.05, 0.1) is 6.10 Å². The molecule has 4 aliphatic rings. The van der Waals surface area contributed by atoms with E-state index < -0.39 is 34.8 Å². The van der Waals surface area contributed by atoms with Crippen LogP contribution in [0.25, 0.3) is 0 Å². The maximum Gasteiger partial charge on any atom is 0.318 e. The molecule has 2 aliphatic heterocycles. The monoisotopic (exact) mass is 250 g/mol. The minimum atomic E-state index is -1.36. The normalized spacial score (nSPS) is 56.6. The Bertz CT molecular complexity index is 512. The van der Waals surface area contributed by atoms with Crippen LogP contribution in [0.5, 0.6) is 0 Å². The lowest BCUT2D eigenvalue weighted by Gasteiger charge is -2.39. The summed E-state index contributed by atoms with van der Waals surface area (Å²) in [4.78, 5) is 23.9. The summed E-state index contributed by atoms with van der Waals surface area (Å²) in [5, 5.41) is 11.1. The number of esters is 1. The minimum Gasteiger partial charge on any atom is -0.451 e. The van der Waals surface area contributed by atoms with E-state index in [4.69, 9.17) is 9.47 Å². The van der Waals surface area contributed by atoms with E-state index in [1.54, 1.807) is 19.1 Å². The Morgan fingerprint density at radius 2 is 2.22 bits per heavy atom. The lowest BCUT2D eigenvalue weighted by Crippen LogP contribution is -2.60. The Morgan fingerprint density at radius 1 is 1.44 bits per heavy atom. The Labute approximate surface area is 104 Å². The van der Waals surface area contributed by atoms with Crippen LogP contribution in [0.4, 0.5) is 0 Å². The van der Waals surface area contributed by atoms with E-state index in [-0.39, 0.29) is 12.2 Å². The fourth-order valence-electron chi connectivity index (χ4n) is 4.20. The van der Waals surface area contributed by atoms with Gasteiger partial charge in [-0.25, -0.2) is 0 Å². The van der Waals surface area contributed by atoms with Crippen molar-refractivity contribution in [1.29, 1.82) is 0 Å². The van der Waals surface area contributed by atoms with Gasteiger partial charge in [-0.05, 0) is 19.4 Å². The smallest absolute Gasteiger partial charge is 0.318 e. The van der Waals surface area contributed by atoms with E-state index >= 15 is 0 Å². The van der Waals surface area contributed by atoms with Gasteiger partial charge >= 0.3 is 5.97 Å². The highest BCUT2D eigenvalue weighted by Gasteiger charge is 2.83. The van der Waals surface area contributed by atoms with E-state index in [9.17, 15) is 14.7 Å². The highest BCUT2D eigenvalue weighted by Crippen LogP contribution is 2.65. The molecule has 0 unspecified atom stereocenters. The van der Waals surface area contributed by atoms with Crippen molar-refractivity contribution in [2.45, 2.75) is 49.6 Å². The Morgan fingerprint density at radius 3 is 3.00 bits per heavy atom. The van der Waals surface area contributed by atoms with Crippen molar-refractivity contribution in [3.05, 3.63) is 12.2 Å². The molecule has 1 N–H and O–H groups in total. The van der Waals surface area contributed by atoms with E-state index in [1.807, 2.05) is 0 Å². The first kappa shape index (κ1) is 10.7. The van der Waals surface area contributed by atoms with Crippen molar-refractivity contribution < 1.29 is 24.2 Å². The summed E-state index contributed by atoms with van der Waals surface area (Å²) in [6, 6.07) is 0. The van der Waals surface area contributed by atoms with Crippen LogP contribution in [0.2, 0.25) is 0 Å². The summed E-state index contributed by atoms with van der Waals surface area (Å²) >= 11 is 0. The molecule has 96 valence electrons. The van der Waals surface area contributed by atoms with Crippen molar-refractivity contribution in [3.8, 4) is 0 Å². The molecular weight excluding hydrogens is 236 g/mol. The van der Waals surface area contributed by atoms with Gasteiger partial charge in [-0.15, -0.1) is 0 Å². The maximum absolute atomic E-state index is 12.3. The van der Waals surface area contributed by atoms with Gasteiger partial charge in [-0.3, -0.25) is 9.59 Å². The van der Waals surface area contributed by atoms with Crippen molar-refractivity contribution in [1.82, 2.24) is 0 Å². The second kappa shape index (κ2) is 2.70. The molecule has 1 saturated carbocycles. The van der Waals surface area contributed by atoms with E-state index in [2.05, 4.69) is 0 Å². The number of hydrogen-bond donors (Lipinski definition) is 1. The van der Waals surface area contributed by atoms with Gasteiger partial charge in [-0.1, -0.05) is 6.08 Å². The topological polar surface area (TPSA) is 72.8 Å². The van der Waals surface area contributed by atoms with Crippen molar-refractivity contribution in [3.63, 3.8) is 0 Å². The van der Waals surface area contributed by atoms with Gasteiger partial charge < -0.3 is 14.6 Å². The molecule has 0 aromatic carbocycles. The van der Waals surface area contributed by atoms with Crippen LogP contribution in [0.1, 0.15) is 26.2 Å². The molecule has 0 aromatic heterocycles. The molecule has 2 saturated heterocycles. The molecule has 0 amide bonds. The van der Waals surface area contributed by atoms with Gasteiger partial charge in [0.15, 0.2) is 11.2 Å². The van der Waals surface area contributed by atoms with Gasteiger partial charge in [0.25, 0.3) is 0 Å². The lowest BCUT2D eigenvalue weighted by atomic mass is 9.60. The zero-order chi connectivity index (χ0) is 12.8. The molecule has 5 nitrogen and oxygen atoms in total. The van der Waals surface area contributed by atoms with Gasteiger partial charge in [0, 0.05) is 12.8 Å². The number of carbonyl (C=O) groups is 2. The van der Waals surface area contributed by atoms with Crippen LogP contribution in [0, 0.1) is 5.41 Å². The summed E-state index contributed by atoms with van der Waals surface area (Å²) in [5.74, 6) is -0.337. The van der Waals surface area contributed by atoms with Crippen molar-refractivity contribution in [2.24, 2.45) is 5.41 Å². The molecule has 3 fully saturated rings. The van der Waals surface area contributed by atoms with Crippen molar-refractivity contribution >= 4 is 11.8 Å². The molecule has 1 spiro atoms. The summed E-state index contributed by atoms with van der Waals surface area (Å²) in [5.41, 5.74) is -3.45. The molecule has 4 rings (SSSR count). The standard InChI is InChI=1S/C13H14O5/c1-11-4-3-8-13(11,16)12(10(15)18-11)5-2-7(14)6-9(12)17-8/h3-4,8-9,16H,2,5-6H2,1H3/t8-,9-,11+,12+,13+/m1/s1. The summed E-state index contributed by atoms with van der Waals surface area (Å²) in [6.07, 6.45) is 3.17. The molecular formula is C13H14O5. The van der Waals surface area contributed by atoms with Crippen LogP contribution < -0.4 is 0 Å². The first-order valence-electron chi connectivity index (χ1n) is 6.26. The van der Waals surface area contributed by atoms with Crippen LogP contribution >= 0.6 is 0 Å². The second-order valence-corrected chi connectivity index (χ2v) is 5.88.